The number of nitrogens with one attached hydrogen (secondary N) is 1. The van der Waals surface area contributed by atoms with Crippen LogP contribution in [0, 0.1) is 17.0 Å². The summed E-state index contributed by atoms with van der Waals surface area (Å²) in [5.74, 6) is -2.33. The SMILES string of the molecule is Cc1ccccc1N1C(=O)NC(=O)/C(=C\c2ccc([N+](=O)[O-])o2)C1=O. The Hall–Kier alpha value is -3.75. The average molecular weight is 341 g/mol. The lowest BCUT2D eigenvalue weighted by molar-refractivity contribution is -0.402. The van der Waals surface area contributed by atoms with Gasteiger partial charge in [-0.3, -0.25) is 25.0 Å². The van der Waals surface area contributed by atoms with Gasteiger partial charge in [0.25, 0.3) is 11.8 Å². The van der Waals surface area contributed by atoms with E-state index in [-0.39, 0.29) is 11.3 Å². The van der Waals surface area contributed by atoms with Crippen LogP contribution in [-0.2, 0) is 9.59 Å². The number of carbonyl (C=O) groups is 3. The molecular formula is C16H11N3O6. The minimum absolute atomic E-state index is 0.0516. The average Bonchev–Trinajstić information content (AvgIpc) is 3.02. The monoisotopic (exact) mass is 341 g/mol. The van der Waals surface area contributed by atoms with E-state index in [1.165, 1.54) is 6.07 Å². The maximum absolute atomic E-state index is 12.6. The highest BCUT2D eigenvalue weighted by Gasteiger charge is 2.37. The Morgan fingerprint density at radius 3 is 2.52 bits per heavy atom. The van der Waals surface area contributed by atoms with Gasteiger partial charge in [-0.15, -0.1) is 0 Å². The number of amides is 4. The van der Waals surface area contributed by atoms with Crippen LogP contribution >= 0.6 is 0 Å². The van der Waals surface area contributed by atoms with Crippen LogP contribution in [-0.4, -0.2) is 22.8 Å². The van der Waals surface area contributed by atoms with Gasteiger partial charge in [0.15, 0.2) is 0 Å². The van der Waals surface area contributed by atoms with E-state index in [9.17, 15) is 24.5 Å². The maximum atomic E-state index is 12.6. The third-order valence-corrected chi connectivity index (χ3v) is 3.54. The Morgan fingerprint density at radius 2 is 1.88 bits per heavy atom. The second kappa shape index (κ2) is 6.04. The number of nitro groups is 1. The second-order valence-electron chi connectivity index (χ2n) is 5.18. The van der Waals surface area contributed by atoms with E-state index in [0.717, 1.165) is 17.0 Å². The van der Waals surface area contributed by atoms with Gasteiger partial charge >= 0.3 is 11.9 Å². The lowest BCUT2D eigenvalue weighted by Gasteiger charge is -2.27. The summed E-state index contributed by atoms with van der Waals surface area (Å²) >= 11 is 0. The van der Waals surface area contributed by atoms with E-state index in [1.807, 2.05) is 0 Å². The van der Waals surface area contributed by atoms with Gasteiger partial charge in [0, 0.05) is 0 Å². The highest BCUT2D eigenvalue weighted by molar-refractivity contribution is 6.39. The summed E-state index contributed by atoms with van der Waals surface area (Å²) in [5.41, 5.74) is 0.620. The number of furan rings is 1. The number of carbonyl (C=O) groups excluding carboxylic acids is 3. The van der Waals surface area contributed by atoms with Crippen LogP contribution in [0.4, 0.5) is 16.4 Å². The summed E-state index contributed by atoms with van der Waals surface area (Å²) in [6, 6.07) is 8.16. The molecule has 0 spiro atoms. The Bertz CT molecular complexity index is 943. The number of hydrogen-bond donors (Lipinski definition) is 1. The number of barbiturate groups is 1. The molecule has 9 nitrogen and oxygen atoms in total. The molecule has 0 saturated carbocycles. The van der Waals surface area contributed by atoms with Gasteiger partial charge in [-0.05, 0) is 30.7 Å². The van der Waals surface area contributed by atoms with Crippen molar-refractivity contribution >= 4 is 35.5 Å². The molecule has 4 amide bonds. The van der Waals surface area contributed by atoms with E-state index in [2.05, 4.69) is 5.32 Å². The molecule has 3 rings (SSSR count). The predicted molar refractivity (Wildman–Crippen MR) is 85.5 cm³/mol. The van der Waals surface area contributed by atoms with E-state index >= 15 is 0 Å². The molecule has 1 fully saturated rings. The fourth-order valence-corrected chi connectivity index (χ4v) is 2.35. The van der Waals surface area contributed by atoms with Crippen molar-refractivity contribution in [2.45, 2.75) is 6.92 Å². The van der Waals surface area contributed by atoms with Crippen LogP contribution in [0.5, 0.6) is 0 Å². The molecule has 1 aromatic heterocycles. The highest BCUT2D eigenvalue weighted by Crippen LogP contribution is 2.25. The molecule has 1 aliphatic heterocycles. The third kappa shape index (κ3) is 2.90. The fraction of sp³-hybridized carbons (Fsp3) is 0.0625. The molecule has 0 radical (unpaired) electrons. The van der Waals surface area contributed by atoms with E-state index in [4.69, 9.17) is 4.42 Å². The largest absolute Gasteiger partial charge is 0.433 e. The number of anilines is 1. The Morgan fingerprint density at radius 1 is 1.16 bits per heavy atom. The molecule has 1 aromatic carbocycles. The molecule has 1 N–H and O–H groups in total. The Balaban J connectivity index is 2.02. The molecule has 1 aliphatic rings. The molecule has 9 heteroatoms. The van der Waals surface area contributed by atoms with Crippen LogP contribution in [0.15, 0.2) is 46.4 Å². The third-order valence-electron chi connectivity index (χ3n) is 3.54. The van der Waals surface area contributed by atoms with Crippen molar-refractivity contribution in [2.75, 3.05) is 4.90 Å². The summed E-state index contributed by atoms with van der Waals surface area (Å²) in [7, 11) is 0. The fourth-order valence-electron chi connectivity index (χ4n) is 2.35. The first-order valence-electron chi connectivity index (χ1n) is 7.10. The van der Waals surface area contributed by atoms with Gasteiger partial charge in [-0.2, -0.15) is 0 Å². The number of benzene rings is 1. The lowest BCUT2D eigenvalue weighted by Crippen LogP contribution is -2.54. The smallest absolute Gasteiger partial charge is 0.401 e. The van der Waals surface area contributed by atoms with E-state index in [0.29, 0.717) is 11.3 Å². The lowest BCUT2D eigenvalue weighted by atomic mass is 10.1. The zero-order valence-corrected chi connectivity index (χ0v) is 12.9. The van der Waals surface area contributed by atoms with Crippen molar-refractivity contribution in [2.24, 2.45) is 0 Å². The molecule has 0 aliphatic carbocycles. The number of nitrogens with zero attached hydrogens (tertiary/aromatic N) is 2. The topological polar surface area (TPSA) is 123 Å². The second-order valence-corrected chi connectivity index (χ2v) is 5.18. The first-order chi connectivity index (χ1) is 11.9. The van der Waals surface area contributed by atoms with Crippen LogP contribution in [0.1, 0.15) is 11.3 Å². The number of aryl methyl sites for hydroxylation is 1. The van der Waals surface area contributed by atoms with Crippen LogP contribution in [0.25, 0.3) is 6.08 Å². The van der Waals surface area contributed by atoms with Crippen molar-refractivity contribution in [3.05, 3.63) is 63.4 Å². The van der Waals surface area contributed by atoms with Crippen molar-refractivity contribution in [1.82, 2.24) is 5.32 Å². The van der Waals surface area contributed by atoms with Crippen LogP contribution in [0.2, 0.25) is 0 Å². The zero-order chi connectivity index (χ0) is 18.1. The van der Waals surface area contributed by atoms with Crippen LogP contribution < -0.4 is 10.2 Å². The Kier molecular flexibility index (Phi) is 3.89. The number of rotatable bonds is 3. The summed E-state index contributed by atoms with van der Waals surface area (Å²) < 4.78 is 4.92. The van der Waals surface area contributed by atoms with Gasteiger partial charge in [0.1, 0.15) is 16.3 Å². The zero-order valence-electron chi connectivity index (χ0n) is 12.9. The van der Waals surface area contributed by atoms with Gasteiger partial charge < -0.3 is 4.42 Å². The predicted octanol–water partition coefficient (Wildman–Crippen LogP) is 2.16. The standard InChI is InChI=1S/C16H11N3O6/c1-9-4-2-3-5-12(9)18-15(21)11(14(20)17-16(18)22)8-10-6-7-13(25-10)19(23)24/h2-8H,1H3,(H,17,20,22)/b11-8+. The van der Waals surface area contributed by atoms with Gasteiger partial charge in [-0.1, -0.05) is 18.2 Å². The molecule has 0 bridgehead atoms. The minimum Gasteiger partial charge on any atom is -0.401 e. The quantitative estimate of drug-likeness (QED) is 0.395. The number of urea groups is 1. The summed E-state index contributed by atoms with van der Waals surface area (Å²) in [6.07, 6.45) is 1.06. The number of imide groups is 2. The van der Waals surface area contributed by atoms with Crippen LogP contribution in [0.3, 0.4) is 0 Å². The van der Waals surface area contributed by atoms with E-state index in [1.54, 1.807) is 31.2 Å². The Labute approximate surface area is 140 Å². The van der Waals surface area contributed by atoms with E-state index < -0.39 is 28.7 Å². The maximum Gasteiger partial charge on any atom is 0.433 e. The van der Waals surface area contributed by atoms with Crippen molar-refractivity contribution in [3.63, 3.8) is 0 Å². The number of para-hydroxylation sites is 1. The normalized spacial score (nSPS) is 16.3. The summed E-state index contributed by atoms with van der Waals surface area (Å²) in [5, 5.41) is 12.7. The van der Waals surface area contributed by atoms with Gasteiger partial charge in [0.2, 0.25) is 0 Å². The summed E-state index contributed by atoms with van der Waals surface area (Å²) in [4.78, 5) is 47.5. The molecule has 0 atom stereocenters. The molecule has 2 heterocycles. The minimum atomic E-state index is -0.904. The van der Waals surface area contributed by atoms with Gasteiger partial charge in [0.05, 0.1) is 11.8 Å². The molecule has 25 heavy (non-hydrogen) atoms. The summed E-state index contributed by atoms with van der Waals surface area (Å²) in [6.45, 7) is 1.71. The molecule has 1 saturated heterocycles. The van der Waals surface area contributed by atoms with Gasteiger partial charge in [-0.25, -0.2) is 9.69 Å². The molecule has 0 unspecified atom stereocenters. The molecular weight excluding hydrogens is 330 g/mol. The molecule has 2 aromatic rings. The number of hydrogen-bond acceptors (Lipinski definition) is 6. The first-order valence-corrected chi connectivity index (χ1v) is 7.10. The van der Waals surface area contributed by atoms with Crippen molar-refractivity contribution in [3.8, 4) is 0 Å². The van der Waals surface area contributed by atoms with Crippen molar-refractivity contribution in [1.29, 1.82) is 0 Å². The first kappa shape index (κ1) is 16.1. The highest BCUT2D eigenvalue weighted by atomic mass is 16.6. The van der Waals surface area contributed by atoms with Crippen molar-refractivity contribution < 1.29 is 23.7 Å². The molecule has 126 valence electrons.